The number of carbonyl (C=O) groups is 1. The van der Waals surface area contributed by atoms with Gasteiger partial charge in [-0.1, -0.05) is 17.7 Å². The SMILES string of the molecule is C=CCN(Cc1ccc(Cl)s1)C(=O)Cn1nc(-c2ccc(F)cc2)oc1=O. The minimum absolute atomic E-state index is 0.0214. The molecule has 140 valence electrons. The van der Waals surface area contributed by atoms with Crippen LogP contribution in [0.2, 0.25) is 4.34 Å². The van der Waals surface area contributed by atoms with Crippen LogP contribution in [0, 0.1) is 5.82 Å². The molecule has 3 rings (SSSR count). The third kappa shape index (κ3) is 4.72. The summed E-state index contributed by atoms with van der Waals surface area (Å²) < 4.78 is 19.7. The van der Waals surface area contributed by atoms with Gasteiger partial charge in [0, 0.05) is 17.0 Å². The Kier molecular flexibility index (Phi) is 5.88. The molecule has 1 amide bonds. The Morgan fingerprint density at radius 2 is 2.07 bits per heavy atom. The van der Waals surface area contributed by atoms with Crippen LogP contribution in [0.4, 0.5) is 4.39 Å². The van der Waals surface area contributed by atoms with Crippen LogP contribution in [-0.2, 0) is 17.9 Å². The fourth-order valence-electron chi connectivity index (χ4n) is 2.38. The average molecular weight is 408 g/mol. The van der Waals surface area contributed by atoms with Gasteiger partial charge in [-0.05, 0) is 36.4 Å². The molecule has 2 heterocycles. The van der Waals surface area contributed by atoms with Crippen molar-refractivity contribution < 1.29 is 13.6 Å². The van der Waals surface area contributed by atoms with Crippen molar-refractivity contribution in [2.75, 3.05) is 6.54 Å². The molecule has 0 aliphatic heterocycles. The highest BCUT2D eigenvalue weighted by molar-refractivity contribution is 7.16. The molecule has 0 aliphatic rings. The van der Waals surface area contributed by atoms with Crippen molar-refractivity contribution in [1.29, 1.82) is 0 Å². The van der Waals surface area contributed by atoms with Crippen molar-refractivity contribution >= 4 is 28.8 Å². The summed E-state index contributed by atoms with van der Waals surface area (Å²) >= 11 is 7.30. The van der Waals surface area contributed by atoms with Crippen molar-refractivity contribution in [2.45, 2.75) is 13.1 Å². The molecule has 0 spiro atoms. The number of aromatic nitrogens is 2. The number of rotatable bonds is 7. The van der Waals surface area contributed by atoms with Gasteiger partial charge in [-0.3, -0.25) is 4.79 Å². The lowest BCUT2D eigenvalue weighted by molar-refractivity contribution is -0.132. The number of hydrogen-bond donors (Lipinski definition) is 0. The molecule has 0 radical (unpaired) electrons. The molecule has 0 N–H and O–H groups in total. The van der Waals surface area contributed by atoms with Crippen molar-refractivity contribution in [3.8, 4) is 11.5 Å². The number of hydrogen-bond acceptors (Lipinski definition) is 5. The van der Waals surface area contributed by atoms with Gasteiger partial charge >= 0.3 is 5.76 Å². The summed E-state index contributed by atoms with van der Waals surface area (Å²) in [6.45, 7) is 4.03. The molecule has 0 atom stereocenters. The van der Waals surface area contributed by atoms with E-state index in [1.165, 1.54) is 40.5 Å². The maximum atomic E-state index is 13.0. The van der Waals surface area contributed by atoms with Gasteiger partial charge in [0.2, 0.25) is 11.8 Å². The summed E-state index contributed by atoms with van der Waals surface area (Å²) in [5, 5.41) is 4.03. The van der Waals surface area contributed by atoms with E-state index < -0.39 is 11.6 Å². The second-order valence-corrected chi connectivity index (χ2v) is 7.41. The lowest BCUT2D eigenvalue weighted by atomic mass is 10.2. The van der Waals surface area contributed by atoms with E-state index in [1.807, 2.05) is 6.07 Å². The number of nitrogens with zero attached hydrogens (tertiary/aromatic N) is 3. The maximum Gasteiger partial charge on any atom is 0.437 e. The van der Waals surface area contributed by atoms with Crippen LogP contribution in [0.25, 0.3) is 11.5 Å². The molecule has 6 nitrogen and oxygen atoms in total. The smallest absolute Gasteiger partial charge is 0.388 e. The molecule has 0 aliphatic carbocycles. The van der Waals surface area contributed by atoms with Crippen LogP contribution in [0.1, 0.15) is 4.88 Å². The highest BCUT2D eigenvalue weighted by Crippen LogP contribution is 2.23. The summed E-state index contributed by atoms with van der Waals surface area (Å²) in [6.07, 6.45) is 1.60. The zero-order chi connectivity index (χ0) is 19.4. The molecule has 0 unspecified atom stereocenters. The first-order valence-electron chi connectivity index (χ1n) is 7.93. The summed E-state index contributed by atoms with van der Waals surface area (Å²) in [4.78, 5) is 27.1. The molecule has 1 aromatic carbocycles. The van der Waals surface area contributed by atoms with E-state index in [4.69, 9.17) is 16.0 Å². The van der Waals surface area contributed by atoms with Gasteiger partial charge in [-0.15, -0.1) is 23.0 Å². The number of thiophene rings is 1. The van der Waals surface area contributed by atoms with Crippen LogP contribution in [0.15, 0.2) is 58.3 Å². The molecular formula is C18H15ClFN3O3S. The zero-order valence-electron chi connectivity index (χ0n) is 14.1. The van der Waals surface area contributed by atoms with E-state index in [0.29, 0.717) is 23.0 Å². The van der Waals surface area contributed by atoms with Gasteiger partial charge in [-0.2, -0.15) is 4.68 Å². The molecular weight excluding hydrogens is 393 g/mol. The summed E-state index contributed by atoms with van der Waals surface area (Å²) in [5.41, 5.74) is 0.441. The number of halogens is 2. The Balaban J connectivity index is 1.76. The minimum Gasteiger partial charge on any atom is -0.388 e. The number of benzene rings is 1. The number of carbonyl (C=O) groups excluding carboxylic acids is 1. The van der Waals surface area contributed by atoms with E-state index >= 15 is 0 Å². The molecule has 0 fully saturated rings. The maximum absolute atomic E-state index is 13.0. The van der Waals surface area contributed by atoms with E-state index in [2.05, 4.69) is 11.7 Å². The average Bonchev–Trinajstić information content (AvgIpc) is 3.21. The van der Waals surface area contributed by atoms with E-state index in [1.54, 1.807) is 12.1 Å². The van der Waals surface area contributed by atoms with Crippen molar-refractivity contribution in [2.24, 2.45) is 0 Å². The molecule has 0 saturated heterocycles. The number of amides is 1. The van der Waals surface area contributed by atoms with E-state index in [-0.39, 0.29) is 18.3 Å². The largest absolute Gasteiger partial charge is 0.437 e. The Bertz CT molecular complexity index is 1010. The molecule has 0 bridgehead atoms. The summed E-state index contributed by atoms with van der Waals surface area (Å²) in [5.74, 6) is -1.47. The molecule has 2 aromatic heterocycles. The first kappa shape index (κ1) is 19.1. The third-order valence-electron chi connectivity index (χ3n) is 3.66. The summed E-state index contributed by atoms with van der Waals surface area (Å²) in [6, 6.07) is 8.95. The normalized spacial score (nSPS) is 10.7. The Morgan fingerprint density at radius 1 is 1.33 bits per heavy atom. The lowest BCUT2D eigenvalue weighted by Crippen LogP contribution is -2.35. The third-order valence-corrected chi connectivity index (χ3v) is 4.88. The van der Waals surface area contributed by atoms with Crippen LogP contribution in [-0.4, -0.2) is 27.1 Å². The van der Waals surface area contributed by atoms with Gasteiger partial charge in [0.05, 0.1) is 10.9 Å². The summed E-state index contributed by atoms with van der Waals surface area (Å²) in [7, 11) is 0. The van der Waals surface area contributed by atoms with Crippen LogP contribution in [0.5, 0.6) is 0 Å². The van der Waals surface area contributed by atoms with Gasteiger partial charge < -0.3 is 9.32 Å². The fourth-order valence-corrected chi connectivity index (χ4v) is 3.48. The van der Waals surface area contributed by atoms with Gasteiger partial charge in [0.15, 0.2) is 0 Å². The highest BCUT2D eigenvalue weighted by atomic mass is 35.5. The van der Waals surface area contributed by atoms with Gasteiger partial charge in [-0.25, -0.2) is 9.18 Å². The molecule has 3 aromatic rings. The van der Waals surface area contributed by atoms with Crippen LogP contribution in [0.3, 0.4) is 0 Å². The highest BCUT2D eigenvalue weighted by Gasteiger charge is 2.18. The topological polar surface area (TPSA) is 68.3 Å². The second kappa shape index (κ2) is 8.32. The molecule has 27 heavy (non-hydrogen) atoms. The van der Waals surface area contributed by atoms with Gasteiger partial charge in [0.25, 0.3) is 0 Å². The monoisotopic (exact) mass is 407 g/mol. The van der Waals surface area contributed by atoms with Crippen molar-refractivity contribution in [1.82, 2.24) is 14.7 Å². The van der Waals surface area contributed by atoms with Crippen molar-refractivity contribution in [3.63, 3.8) is 0 Å². The van der Waals surface area contributed by atoms with E-state index in [0.717, 1.165) is 9.56 Å². The first-order chi connectivity index (χ1) is 13.0. The molecule has 0 saturated carbocycles. The standard InChI is InChI=1S/C18H15ClFN3O3S/c1-2-9-22(10-14-7-8-15(19)27-14)16(24)11-23-18(25)26-17(21-23)12-3-5-13(20)6-4-12/h2-8H,1,9-11H2. The van der Waals surface area contributed by atoms with Gasteiger partial charge in [0.1, 0.15) is 12.4 Å². The second-order valence-electron chi connectivity index (χ2n) is 5.61. The van der Waals surface area contributed by atoms with E-state index in [9.17, 15) is 14.0 Å². The first-order valence-corrected chi connectivity index (χ1v) is 9.12. The van der Waals surface area contributed by atoms with Crippen LogP contribution < -0.4 is 5.76 Å². The minimum atomic E-state index is -0.764. The molecule has 9 heteroatoms. The Morgan fingerprint density at radius 3 is 2.70 bits per heavy atom. The predicted octanol–water partition coefficient (Wildman–Crippen LogP) is 3.57. The lowest BCUT2D eigenvalue weighted by Gasteiger charge is -2.19. The Hall–Kier alpha value is -2.71. The quantitative estimate of drug-likeness (QED) is 0.561. The zero-order valence-corrected chi connectivity index (χ0v) is 15.7. The fraction of sp³-hybridized carbons (Fsp3) is 0.167. The Labute approximate surface area is 163 Å². The van der Waals surface area contributed by atoms with Crippen molar-refractivity contribution in [3.05, 3.63) is 74.6 Å². The van der Waals surface area contributed by atoms with Crippen LogP contribution >= 0.6 is 22.9 Å². The predicted molar refractivity (Wildman–Crippen MR) is 101 cm³/mol.